The fraction of sp³-hybridized carbons (Fsp3) is 0.800. The summed E-state index contributed by atoms with van der Waals surface area (Å²) >= 11 is 0. The van der Waals surface area contributed by atoms with Gasteiger partial charge in [-0.15, -0.1) is 0 Å². The largest absolute Gasteiger partial charge is 0.390 e. The Bertz CT molecular complexity index is 304. The van der Waals surface area contributed by atoms with Gasteiger partial charge in [0.2, 0.25) is 11.8 Å². The summed E-state index contributed by atoms with van der Waals surface area (Å²) in [5.74, 6) is -0.819. The first kappa shape index (κ1) is 13.8. The molecule has 1 saturated heterocycles. The van der Waals surface area contributed by atoms with Crippen LogP contribution in [-0.2, 0) is 9.59 Å². The Kier molecular flexibility index (Phi) is 4.36. The second-order valence-electron chi connectivity index (χ2n) is 4.03. The van der Waals surface area contributed by atoms with Crippen LogP contribution in [0.3, 0.4) is 0 Å². The van der Waals surface area contributed by atoms with Crippen molar-refractivity contribution in [2.45, 2.75) is 38.4 Å². The van der Waals surface area contributed by atoms with Crippen LogP contribution in [0.1, 0.15) is 26.2 Å². The molecule has 0 spiro atoms. The second-order valence-corrected chi connectivity index (χ2v) is 4.03. The van der Waals surface area contributed by atoms with Gasteiger partial charge in [0.15, 0.2) is 0 Å². The van der Waals surface area contributed by atoms with E-state index in [0.29, 0.717) is 12.8 Å². The van der Waals surface area contributed by atoms with E-state index in [1.165, 1.54) is 0 Å². The van der Waals surface area contributed by atoms with Gasteiger partial charge in [0, 0.05) is 6.54 Å². The Morgan fingerprint density at radius 1 is 1.41 bits per heavy atom. The molecule has 0 aromatic carbocycles. The number of nitrogens with one attached hydrogen (secondary N) is 1. The van der Waals surface area contributed by atoms with Crippen LogP contribution in [0.2, 0.25) is 0 Å². The highest BCUT2D eigenvalue weighted by Gasteiger charge is 2.35. The lowest BCUT2D eigenvalue weighted by Crippen LogP contribution is -2.58. The maximum atomic E-state index is 12.0. The minimum atomic E-state index is -4.31. The molecular formula is C10H15F3N2O2. The fourth-order valence-electron chi connectivity index (χ4n) is 1.71. The van der Waals surface area contributed by atoms with Gasteiger partial charge in [0.25, 0.3) is 0 Å². The summed E-state index contributed by atoms with van der Waals surface area (Å²) < 4.78 is 36.1. The lowest BCUT2D eigenvalue weighted by Gasteiger charge is -2.32. The highest BCUT2D eigenvalue weighted by atomic mass is 19.4. The lowest BCUT2D eigenvalue weighted by atomic mass is 10.1. The van der Waals surface area contributed by atoms with Crippen molar-refractivity contribution in [3.63, 3.8) is 0 Å². The molecule has 1 atom stereocenters. The average Bonchev–Trinajstić information content (AvgIpc) is 2.20. The number of rotatable bonds is 4. The van der Waals surface area contributed by atoms with E-state index in [0.717, 1.165) is 4.90 Å². The Hall–Kier alpha value is -1.27. The highest BCUT2D eigenvalue weighted by molar-refractivity contribution is 5.94. The van der Waals surface area contributed by atoms with Crippen LogP contribution in [0.15, 0.2) is 0 Å². The molecule has 0 bridgehead atoms. The smallest absolute Gasteiger partial charge is 0.343 e. The van der Waals surface area contributed by atoms with Crippen molar-refractivity contribution in [3.8, 4) is 0 Å². The molecule has 0 saturated carbocycles. The minimum Gasteiger partial charge on any atom is -0.343 e. The third kappa shape index (κ3) is 4.24. The molecule has 2 amide bonds. The Morgan fingerprint density at radius 3 is 2.59 bits per heavy atom. The van der Waals surface area contributed by atoms with E-state index < -0.39 is 37.0 Å². The van der Waals surface area contributed by atoms with E-state index >= 15 is 0 Å². The molecule has 1 unspecified atom stereocenters. The van der Waals surface area contributed by atoms with Gasteiger partial charge in [-0.3, -0.25) is 9.59 Å². The van der Waals surface area contributed by atoms with E-state index in [1.54, 1.807) is 0 Å². The zero-order valence-electron chi connectivity index (χ0n) is 9.51. The van der Waals surface area contributed by atoms with Gasteiger partial charge in [0.05, 0.1) is 13.0 Å². The fourth-order valence-corrected chi connectivity index (χ4v) is 1.71. The molecule has 0 aromatic rings. The van der Waals surface area contributed by atoms with E-state index in [-0.39, 0.29) is 6.54 Å². The van der Waals surface area contributed by atoms with Crippen molar-refractivity contribution in [3.05, 3.63) is 0 Å². The lowest BCUT2D eigenvalue weighted by molar-refractivity contribution is -0.153. The number of carbonyl (C=O) groups is 2. The number of hydrogen-bond donors (Lipinski definition) is 1. The topological polar surface area (TPSA) is 49.4 Å². The van der Waals surface area contributed by atoms with Crippen molar-refractivity contribution < 1.29 is 22.8 Å². The molecular weight excluding hydrogens is 237 g/mol. The zero-order valence-corrected chi connectivity index (χ0v) is 9.51. The van der Waals surface area contributed by atoms with Crippen LogP contribution in [0.4, 0.5) is 13.2 Å². The van der Waals surface area contributed by atoms with Gasteiger partial charge in [-0.05, 0) is 6.42 Å². The van der Waals surface area contributed by atoms with Gasteiger partial charge < -0.3 is 10.2 Å². The normalized spacial score (nSPS) is 21.6. The first-order valence-electron chi connectivity index (χ1n) is 5.48. The van der Waals surface area contributed by atoms with E-state index in [9.17, 15) is 22.8 Å². The number of carbonyl (C=O) groups excluding carboxylic acids is 2. The predicted octanol–water partition coefficient (Wildman–Crippen LogP) is 1.07. The third-order valence-electron chi connectivity index (χ3n) is 2.52. The molecule has 0 aliphatic carbocycles. The van der Waals surface area contributed by atoms with Gasteiger partial charge in [-0.25, -0.2) is 0 Å². The molecule has 1 N–H and O–H groups in total. The van der Waals surface area contributed by atoms with Crippen LogP contribution in [-0.4, -0.2) is 42.0 Å². The quantitative estimate of drug-likeness (QED) is 0.813. The highest BCUT2D eigenvalue weighted by Crippen LogP contribution is 2.20. The van der Waals surface area contributed by atoms with Crippen molar-refractivity contribution in [2.24, 2.45) is 0 Å². The first-order valence-corrected chi connectivity index (χ1v) is 5.48. The molecule has 1 aliphatic rings. The third-order valence-corrected chi connectivity index (χ3v) is 2.52. The number of piperazine rings is 1. The van der Waals surface area contributed by atoms with Crippen LogP contribution < -0.4 is 5.32 Å². The average molecular weight is 252 g/mol. The zero-order chi connectivity index (χ0) is 13.1. The molecule has 17 heavy (non-hydrogen) atoms. The number of nitrogens with zero attached hydrogens (tertiary/aromatic N) is 1. The summed E-state index contributed by atoms with van der Waals surface area (Å²) in [5.41, 5.74) is 0. The van der Waals surface area contributed by atoms with Gasteiger partial charge in [-0.1, -0.05) is 13.3 Å². The minimum absolute atomic E-state index is 0.283. The summed E-state index contributed by atoms with van der Waals surface area (Å²) in [5, 5.41) is 2.48. The standard InChI is InChI=1S/C10H15F3N2O2/c1-2-3-7-9(17)15(6-8(16)14-7)5-4-10(11,12)13/h7H,2-6H2,1H3,(H,14,16). The van der Waals surface area contributed by atoms with Gasteiger partial charge in [-0.2, -0.15) is 13.2 Å². The van der Waals surface area contributed by atoms with Crippen LogP contribution >= 0.6 is 0 Å². The number of amides is 2. The van der Waals surface area contributed by atoms with E-state index in [2.05, 4.69) is 5.32 Å². The maximum Gasteiger partial charge on any atom is 0.390 e. The molecule has 0 radical (unpaired) electrons. The molecule has 7 heteroatoms. The molecule has 98 valence electrons. The predicted molar refractivity (Wildman–Crippen MR) is 54.1 cm³/mol. The first-order chi connectivity index (χ1) is 7.83. The molecule has 0 aromatic heterocycles. The van der Waals surface area contributed by atoms with E-state index in [1.807, 2.05) is 6.92 Å². The molecule has 1 heterocycles. The number of hydrogen-bond acceptors (Lipinski definition) is 2. The summed E-state index contributed by atoms with van der Waals surface area (Å²) in [6.07, 6.45) is -4.25. The molecule has 1 rings (SSSR count). The van der Waals surface area contributed by atoms with Crippen LogP contribution in [0.25, 0.3) is 0 Å². The van der Waals surface area contributed by atoms with Crippen molar-refractivity contribution >= 4 is 11.8 Å². The van der Waals surface area contributed by atoms with Crippen molar-refractivity contribution in [2.75, 3.05) is 13.1 Å². The summed E-state index contributed by atoms with van der Waals surface area (Å²) in [4.78, 5) is 23.9. The monoisotopic (exact) mass is 252 g/mol. The van der Waals surface area contributed by atoms with Gasteiger partial charge in [0.1, 0.15) is 6.04 Å². The molecule has 4 nitrogen and oxygen atoms in total. The van der Waals surface area contributed by atoms with Crippen molar-refractivity contribution in [1.29, 1.82) is 0 Å². The molecule has 1 aliphatic heterocycles. The van der Waals surface area contributed by atoms with Gasteiger partial charge >= 0.3 is 6.18 Å². The summed E-state index contributed by atoms with van der Waals surface area (Å²) in [7, 11) is 0. The molecule has 1 fully saturated rings. The maximum absolute atomic E-state index is 12.0. The Balaban J connectivity index is 2.58. The van der Waals surface area contributed by atoms with Crippen LogP contribution in [0, 0.1) is 0 Å². The van der Waals surface area contributed by atoms with Crippen LogP contribution in [0.5, 0.6) is 0 Å². The summed E-state index contributed by atoms with van der Waals surface area (Å²) in [6.45, 7) is 1.11. The van der Waals surface area contributed by atoms with Crippen molar-refractivity contribution in [1.82, 2.24) is 10.2 Å². The Labute approximate surface area is 97.1 Å². The Morgan fingerprint density at radius 2 is 2.06 bits per heavy atom. The number of halogens is 3. The second kappa shape index (κ2) is 5.37. The number of alkyl halides is 3. The van der Waals surface area contributed by atoms with E-state index in [4.69, 9.17) is 0 Å². The SMILES string of the molecule is CCCC1NC(=O)CN(CCC(F)(F)F)C1=O. The summed E-state index contributed by atoms with van der Waals surface area (Å²) in [6, 6.07) is -0.672.